The average molecular weight is 383 g/mol. The molecule has 27 heavy (non-hydrogen) atoms. The highest BCUT2D eigenvalue weighted by Crippen LogP contribution is 2.31. The van der Waals surface area contributed by atoms with Gasteiger partial charge in [0.1, 0.15) is 23.1 Å². The third-order valence-corrected chi connectivity index (χ3v) is 4.56. The number of amides is 1. The van der Waals surface area contributed by atoms with Gasteiger partial charge in [-0.05, 0) is 27.7 Å². The van der Waals surface area contributed by atoms with Crippen molar-refractivity contribution in [3.63, 3.8) is 0 Å². The van der Waals surface area contributed by atoms with Crippen LogP contribution in [0.3, 0.4) is 0 Å². The Kier molecular flexibility index (Phi) is 5.14. The van der Waals surface area contributed by atoms with Gasteiger partial charge >= 0.3 is 6.09 Å². The van der Waals surface area contributed by atoms with Crippen LogP contribution in [0.15, 0.2) is 6.07 Å². The Morgan fingerprint density at radius 1 is 1.07 bits per heavy atom. The zero-order valence-corrected chi connectivity index (χ0v) is 16.3. The third-order valence-electron chi connectivity index (χ3n) is 4.56. The van der Waals surface area contributed by atoms with E-state index in [-0.39, 0.29) is 25.6 Å². The minimum atomic E-state index is -2.67. The fraction of sp³-hybridized carbons (Fsp3) is 0.722. The van der Waals surface area contributed by atoms with E-state index in [0.29, 0.717) is 43.6 Å². The lowest BCUT2D eigenvalue weighted by Crippen LogP contribution is -2.50. The van der Waals surface area contributed by atoms with Crippen LogP contribution in [0.1, 0.15) is 33.0 Å². The van der Waals surface area contributed by atoms with E-state index in [4.69, 9.17) is 4.74 Å². The molecule has 2 saturated heterocycles. The van der Waals surface area contributed by atoms with Crippen LogP contribution in [0.25, 0.3) is 0 Å². The van der Waals surface area contributed by atoms with Gasteiger partial charge in [-0.3, -0.25) is 0 Å². The van der Waals surface area contributed by atoms with Crippen LogP contribution in [0, 0.1) is 6.92 Å². The minimum absolute atomic E-state index is 0.153. The molecular weight excluding hydrogens is 356 g/mol. The second-order valence-corrected chi connectivity index (χ2v) is 8.11. The lowest BCUT2D eigenvalue weighted by Gasteiger charge is -2.36. The quantitative estimate of drug-likeness (QED) is 0.783. The standard InChI is InChI=1S/C18H27F2N5O2/c1-13-21-14(11-15(22-13)25-6-5-18(19,20)12-25)23-7-9-24(10-8-23)16(26)27-17(2,3)4/h11H,5-10,12H2,1-4H3. The molecule has 0 unspecified atom stereocenters. The molecule has 2 aliphatic heterocycles. The Labute approximate surface area is 158 Å². The molecule has 3 rings (SSSR count). The molecule has 0 saturated carbocycles. The van der Waals surface area contributed by atoms with E-state index < -0.39 is 11.5 Å². The lowest BCUT2D eigenvalue weighted by atomic mass is 10.2. The number of rotatable bonds is 2. The predicted molar refractivity (Wildman–Crippen MR) is 98.6 cm³/mol. The first-order valence-corrected chi connectivity index (χ1v) is 9.24. The van der Waals surface area contributed by atoms with E-state index in [9.17, 15) is 13.6 Å². The van der Waals surface area contributed by atoms with Gasteiger partial charge < -0.3 is 19.4 Å². The molecule has 2 fully saturated rings. The smallest absolute Gasteiger partial charge is 0.410 e. The number of aromatic nitrogens is 2. The predicted octanol–water partition coefficient (Wildman–Crippen LogP) is 2.69. The first kappa shape index (κ1) is 19.6. The zero-order chi connectivity index (χ0) is 19.8. The van der Waals surface area contributed by atoms with Gasteiger partial charge in [0.15, 0.2) is 0 Å². The SMILES string of the molecule is Cc1nc(N2CCN(C(=O)OC(C)(C)C)CC2)cc(N2CCC(F)(F)C2)n1. The van der Waals surface area contributed by atoms with E-state index in [1.807, 2.05) is 25.7 Å². The van der Waals surface area contributed by atoms with Crippen LogP contribution in [-0.4, -0.2) is 71.8 Å². The normalized spacial score (nSPS) is 20.1. The van der Waals surface area contributed by atoms with Crippen molar-refractivity contribution in [1.82, 2.24) is 14.9 Å². The first-order chi connectivity index (χ1) is 12.5. The second kappa shape index (κ2) is 7.09. The van der Waals surface area contributed by atoms with E-state index in [0.717, 1.165) is 0 Å². The van der Waals surface area contributed by atoms with E-state index >= 15 is 0 Å². The molecule has 0 atom stereocenters. The molecule has 9 heteroatoms. The first-order valence-electron chi connectivity index (χ1n) is 9.24. The number of ether oxygens (including phenoxy) is 1. The van der Waals surface area contributed by atoms with Crippen LogP contribution >= 0.6 is 0 Å². The van der Waals surface area contributed by atoms with Gasteiger partial charge in [0.05, 0.1) is 6.54 Å². The molecule has 1 aromatic heterocycles. The van der Waals surface area contributed by atoms with E-state index in [2.05, 4.69) is 9.97 Å². The number of anilines is 2. The van der Waals surface area contributed by atoms with Crippen LogP contribution in [0.2, 0.25) is 0 Å². The summed E-state index contributed by atoms with van der Waals surface area (Å²) in [6.07, 6.45) is -0.471. The van der Waals surface area contributed by atoms with Crippen molar-refractivity contribution in [2.75, 3.05) is 49.1 Å². The maximum Gasteiger partial charge on any atom is 0.410 e. The molecule has 7 nitrogen and oxygen atoms in total. The van der Waals surface area contributed by atoms with Crippen LogP contribution < -0.4 is 9.80 Å². The van der Waals surface area contributed by atoms with Gasteiger partial charge in [-0.25, -0.2) is 23.5 Å². The molecule has 150 valence electrons. The van der Waals surface area contributed by atoms with Gasteiger partial charge in [0.2, 0.25) is 0 Å². The number of hydrogen-bond acceptors (Lipinski definition) is 6. The van der Waals surface area contributed by atoms with Crippen LogP contribution in [0.5, 0.6) is 0 Å². The number of nitrogens with zero attached hydrogens (tertiary/aromatic N) is 5. The summed E-state index contributed by atoms with van der Waals surface area (Å²) in [7, 11) is 0. The number of halogens is 2. The highest BCUT2D eigenvalue weighted by molar-refractivity contribution is 5.68. The number of aryl methyl sites for hydroxylation is 1. The van der Waals surface area contributed by atoms with Gasteiger partial charge in [-0.2, -0.15) is 0 Å². The summed E-state index contributed by atoms with van der Waals surface area (Å²) in [6.45, 7) is 9.51. The van der Waals surface area contributed by atoms with Gasteiger partial charge in [-0.1, -0.05) is 0 Å². The van der Waals surface area contributed by atoms with E-state index in [1.165, 1.54) is 0 Å². The Morgan fingerprint density at radius 3 is 2.19 bits per heavy atom. The molecule has 0 N–H and O–H groups in total. The molecule has 3 heterocycles. The van der Waals surface area contributed by atoms with Crippen molar-refractivity contribution < 1.29 is 18.3 Å². The Balaban J connectivity index is 1.65. The molecule has 2 aliphatic rings. The van der Waals surface area contributed by atoms with Crippen molar-refractivity contribution in [3.05, 3.63) is 11.9 Å². The number of carbonyl (C=O) groups is 1. The van der Waals surface area contributed by atoms with Crippen LogP contribution in [0.4, 0.5) is 25.2 Å². The number of alkyl halides is 2. The monoisotopic (exact) mass is 383 g/mol. The summed E-state index contributed by atoms with van der Waals surface area (Å²) in [5, 5.41) is 0. The number of carbonyl (C=O) groups excluding carboxylic acids is 1. The topological polar surface area (TPSA) is 61.8 Å². The maximum atomic E-state index is 13.5. The van der Waals surface area contributed by atoms with Crippen LogP contribution in [-0.2, 0) is 4.74 Å². The Morgan fingerprint density at radius 2 is 1.67 bits per heavy atom. The summed E-state index contributed by atoms with van der Waals surface area (Å²) >= 11 is 0. The molecule has 0 spiro atoms. The number of hydrogen-bond donors (Lipinski definition) is 0. The molecule has 0 bridgehead atoms. The molecule has 0 radical (unpaired) electrons. The van der Waals surface area contributed by atoms with Crippen molar-refractivity contribution in [2.24, 2.45) is 0 Å². The largest absolute Gasteiger partial charge is 0.444 e. The highest BCUT2D eigenvalue weighted by atomic mass is 19.3. The maximum absolute atomic E-state index is 13.5. The average Bonchev–Trinajstić information content (AvgIpc) is 2.93. The van der Waals surface area contributed by atoms with Gasteiger partial charge in [0.25, 0.3) is 5.92 Å². The fourth-order valence-electron chi connectivity index (χ4n) is 3.24. The third kappa shape index (κ3) is 4.95. The van der Waals surface area contributed by atoms with Gasteiger partial charge in [-0.15, -0.1) is 0 Å². The summed E-state index contributed by atoms with van der Waals surface area (Å²) in [5.74, 6) is -0.883. The molecule has 1 aromatic rings. The fourth-order valence-corrected chi connectivity index (χ4v) is 3.24. The summed E-state index contributed by atoms with van der Waals surface area (Å²) in [4.78, 5) is 26.3. The molecule has 0 aliphatic carbocycles. The van der Waals surface area contributed by atoms with Gasteiger partial charge in [0, 0.05) is 45.2 Å². The second-order valence-electron chi connectivity index (χ2n) is 8.11. The molecular formula is C18H27F2N5O2. The summed E-state index contributed by atoms with van der Waals surface area (Å²) < 4.78 is 32.5. The molecule has 0 aromatic carbocycles. The van der Waals surface area contributed by atoms with Crippen molar-refractivity contribution >= 4 is 17.7 Å². The zero-order valence-electron chi connectivity index (χ0n) is 16.3. The highest BCUT2D eigenvalue weighted by Gasteiger charge is 2.39. The van der Waals surface area contributed by atoms with Crippen molar-refractivity contribution in [1.29, 1.82) is 0 Å². The minimum Gasteiger partial charge on any atom is -0.444 e. The molecule has 1 amide bonds. The van der Waals surface area contributed by atoms with Crippen molar-refractivity contribution in [3.8, 4) is 0 Å². The van der Waals surface area contributed by atoms with E-state index in [1.54, 1.807) is 22.8 Å². The summed E-state index contributed by atoms with van der Waals surface area (Å²) in [5.41, 5.74) is -0.523. The number of piperazine rings is 1. The Bertz CT molecular complexity index is 699. The summed E-state index contributed by atoms with van der Waals surface area (Å²) in [6, 6.07) is 1.76. The lowest BCUT2D eigenvalue weighted by molar-refractivity contribution is 0.0237. The Hall–Kier alpha value is -2.19. The van der Waals surface area contributed by atoms with Crippen molar-refractivity contribution in [2.45, 2.75) is 45.6 Å².